The summed E-state index contributed by atoms with van der Waals surface area (Å²) in [7, 11) is 0. The van der Waals surface area contributed by atoms with E-state index in [2.05, 4.69) is 31.4 Å². The van der Waals surface area contributed by atoms with Crippen LogP contribution in [0.2, 0.25) is 0 Å². The fourth-order valence-corrected chi connectivity index (χ4v) is 2.54. The second kappa shape index (κ2) is 6.92. The summed E-state index contributed by atoms with van der Waals surface area (Å²) in [6.45, 7) is 1.84. The van der Waals surface area contributed by atoms with Crippen LogP contribution in [0.1, 0.15) is 21.7 Å². The van der Waals surface area contributed by atoms with Crippen molar-refractivity contribution < 1.29 is 13.7 Å². The number of nitrogens with one attached hydrogen (secondary N) is 1. The zero-order chi connectivity index (χ0) is 17.1. The first-order valence-corrected chi connectivity index (χ1v) is 7.95. The molecule has 2 aromatic carbocycles. The van der Waals surface area contributed by atoms with E-state index in [-0.39, 0.29) is 18.3 Å². The third kappa shape index (κ3) is 3.68. The van der Waals surface area contributed by atoms with Crippen molar-refractivity contribution in [2.45, 2.75) is 13.5 Å². The van der Waals surface area contributed by atoms with E-state index in [0.717, 1.165) is 10.0 Å². The van der Waals surface area contributed by atoms with Gasteiger partial charge in [-0.25, -0.2) is 4.39 Å². The Kier molecular flexibility index (Phi) is 4.71. The van der Waals surface area contributed by atoms with Gasteiger partial charge in [0, 0.05) is 27.7 Å². The molecular formula is C17H13BrFN3O2. The van der Waals surface area contributed by atoms with Crippen molar-refractivity contribution in [1.29, 1.82) is 0 Å². The maximum atomic E-state index is 13.7. The molecule has 0 radical (unpaired) electrons. The number of nitrogens with zero attached hydrogens (tertiary/aromatic N) is 2. The maximum absolute atomic E-state index is 13.7. The lowest BCUT2D eigenvalue weighted by Crippen LogP contribution is -2.23. The van der Waals surface area contributed by atoms with Crippen molar-refractivity contribution >= 4 is 21.8 Å². The van der Waals surface area contributed by atoms with Gasteiger partial charge in [-0.15, -0.1) is 0 Å². The average molecular weight is 390 g/mol. The van der Waals surface area contributed by atoms with Crippen molar-refractivity contribution in [3.05, 3.63) is 69.7 Å². The van der Waals surface area contributed by atoms with Gasteiger partial charge in [-0.1, -0.05) is 21.1 Å². The average Bonchev–Trinajstić information content (AvgIpc) is 3.02. The Labute approximate surface area is 146 Å². The van der Waals surface area contributed by atoms with Gasteiger partial charge in [0.1, 0.15) is 5.82 Å². The summed E-state index contributed by atoms with van der Waals surface area (Å²) >= 11 is 3.28. The summed E-state index contributed by atoms with van der Waals surface area (Å²) in [6.07, 6.45) is 0. The van der Waals surface area contributed by atoms with Gasteiger partial charge < -0.3 is 9.84 Å². The Morgan fingerprint density at radius 2 is 2.00 bits per heavy atom. The fraction of sp³-hybridized carbons (Fsp3) is 0.118. The number of aryl methyl sites for hydroxylation is 1. The van der Waals surface area contributed by atoms with Crippen LogP contribution in [0.5, 0.6) is 0 Å². The minimum Gasteiger partial charge on any atom is -0.348 e. The molecule has 1 amide bonds. The smallest absolute Gasteiger partial charge is 0.257 e. The zero-order valence-corrected chi connectivity index (χ0v) is 14.3. The molecule has 1 heterocycles. The van der Waals surface area contributed by atoms with E-state index < -0.39 is 0 Å². The lowest BCUT2D eigenvalue weighted by molar-refractivity contribution is 0.0950. The molecule has 0 spiro atoms. The molecule has 3 aromatic rings. The summed E-state index contributed by atoms with van der Waals surface area (Å²) in [5.74, 6) is 0.293. The molecule has 0 aliphatic carbocycles. The lowest BCUT2D eigenvalue weighted by Gasteiger charge is -2.07. The number of benzene rings is 2. The van der Waals surface area contributed by atoms with Crippen LogP contribution in [0.15, 0.2) is 51.5 Å². The van der Waals surface area contributed by atoms with Gasteiger partial charge in [-0.05, 0) is 49.4 Å². The molecule has 1 aromatic heterocycles. The third-order valence-corrected chi connectivity index (χ3v) is 3.86. The highest BCUT2D eigenvalue weighted by atomic mass is 79.9. The number of carbonyl (C=O) groups excluding carboxylic acids is 1. The first-order chi connectivity index (χ1) is 11.5. The Balaban J connectivity index is 1.68. The summed E-state index contributed by atoms with van der Waals surface area (Å²) in [5.41, 5.74) is 1.60. The normalized spacial score (nSPS) is 10.6. The number of amides is 1. The maximum Gasteiger partial charge on any atom is 0.257 e. The summed E-state index contributed by atoms with van der Waals surface area (Å²) in [5, 5.41) is 6.42. The van der Waals surface area contributed by atoms with E-state index in [1.165, 1.54) is 6.07 Å². The largest absolute Gasteiger partial charge is 0.348 e. The molecule has 0 atom stereocenters. The van der Waals surface area contributed by atoms with Crippen molar-refractivity contribution in [3.63, 3.8) is 0 Å². The van der Waals surface area contributed by atoms with Gasteiger partial charge in [0.05, 0.1) is 0 Å². The molecule has 0 saturated carbocycles. The summed E-state index contributed by atoms with van der Waals surface area (Å²) in [4.78, 5) is 16.3. The molecule has 24 heavy (non-hydrogen) atoms. The van der Waals surface area contributed by atoms with Crippen molar-refractivity contribution in [2.75, 3.05) is 0 Å². The summed E-state index contributed by atoms with van der Waals surface area (Å²) < 4.78 is 19.5. The Hall–Kier alpha value is -2.54. The Bertz CT molecular complexity index is 878. The molecule has 0 aliphatic heterocycles. The van der Waals surface area contributed by atoms with Crippen LogP contribution < -0.4 is 5.32 Å². The van der Waals surface area contributed by atoms with Crippen molar-refractivity contribution in [3.8, 4) is 11.5 Å². The van der Waals surface area contributed by atoms with E-state index in [0.29, 0.717) is 22.8 Å². The van der Waals surface area contributed by atoms with E-state index in [1.807, 2.05) is 0 Å². The van der Waals surface area contributed by atoms with Gasteiger partial charge >= 0.3 is 0 Å². The zero-order valence-electron chi connectivity index (χ0n) is 12.7. The van der Waals surface area contributed by atoms with E-state index >= 15 is 0 Å². The molecule has 5 nitrogen and oxygen atoms in total. The number of aromatic nitrogens is 2. The first kappa shape index (κ1) is 16.3. The van der Waals surface area contributed by atoms with Crippen LogP contribution in [-0.4, -0.2) is 16.0 Å². The Morgan fingerprint density at radius 1 is 1.25 bits per heavy atom. The van der Waals surface area contributed by atoms with Crippen LogP contribution in [0.25, 0.3) is 11.5 Å². The highest BCUT2D eigenvalue weighted by molar-refractivity contribution is 9.10. The lowest BCUT2D eigenvalue weighted by atomic mass is 10.1. The quantitative estimate of drug-likeness (QED) is 0.734. The van der Waals surface area contributed by atoms with Gasteiger partial charge in [0.2, 0.25) is 0 Å². The minimum atomic E-state index is -0.361. The molecular weight excluding hydrogens is 377 g/mol. The van der Waals surface area contributed by atoms with Crippen molar-refractivity contribution in [2.24, 2.45) is 0 Å². The molecule has 0 bridgehead atoms. The van der Waals surface area contributed by atoms with E-state index in [1.54, 1.807) is 43.3 Å². The fourth-order valence-electron chi connectivity index (χ4n) is 2.13. The third-order valence-electron chi connectivity index (χ3n) is 3.37. The predicted molar refractivity (Wildman–Crippen MR) is 89.7 cm³/mol. The van der Waals surface area contributed by atoms with E-state index in [9.17, 15) is 9.18 Å². The second-order valence-corrected chi connectivity index (χ2v) is 6.06. The van der Waals surface area contributed by atoms with Crippen LogP contribution in [0.3, 0.4) is 0 Å². The van der Waals surface area contributed by atoms with Gasteiger partial charge in [-0.2, -0.15) is 4.98 Å². The molecule has 0 aliphatic rings. The van der Waals surface area contributed by atoms with Crippen LogP contribution in [-0.2, 0) is 6.54 Å². The first-order valence-electron chi connectivity index (χ1n) is 7.16. The van der Waals surface area contributed by atoms with Gasteiger partial charge in [0.25, 0.3) is 11.8 Å². The topological polar surface area (TPSA) is 68.0 Å². The van der Waals surface area contributed by atoms with Crippen LogP contribution in [0.4, 0.5) is 4.39 Å². The molecule has 3 rings (SSSR count). The van der Waals surface area contributed by atoms with Crippen LogP contribution in [0, 0.1) is 12.7 Å². The molecule has 7 heteroatoms. The summed E-state index contributed by atoms with van der Waals surface area (Å²) in [6, 6.07) is 11.4. The molecule has 0 fully saturated rings. The van der Waals surface area contributed by atoms with Gasteiger partial charge in [0.15, 0.2) is 5.82 Å². The number of carbonyl (C=O) groups is 1. The highest BCUT2D eigenvalue weighted by Crippen LogP contribution is 2.18. The Morgan fingerprint density at radius 3 is 2.67 bits per heavy atom. The molecule has 0 saturated heterocycles. The SMILES string of the molecule is Cc1noc(-c2ccc(C(=O)NCc3cc(Br)ccc3F)cc2)n1. The second-order valence-electron chi connectivity index (χ2n) is 5.14. The highest BCUT2D eigenvalue weighted by Gasteiger charge is 2.10. The molecule has 0 unspecified atom stereocenters. The molecule has 122 valence electrons. The number of hydrogen-bond acceptors (Lipinski definition) is 4. The minimum absolute atomic E-state index is 0.106. The molecule has 1 N–H and O–H groups in total. The van der Waals surface area contributed by atoms with Crippen LogP contribution >= 0.6 is 15.9 Å². The monoisotopic (exact) mass is 389 g/mol. The standard InChI is InChI=1S/C17H13BrFN3O2/c1-10-21-17(24-22-10)12-4-2-11(3-5-12)16(23)20-9-13-8-14(18)6-7-15(13)19/h2-8H,9H2,1H3,(H,20,23). The number of hydrogen-bond donors (Lipinski definition) is 1. The van der Waals surface area contributed by atoms with E-state index in [4.69, 9.17) is 4.52 Å². The van der Waals surface area contributed by atoms with Gasteiger partial charge in [-0.3, -0.25) is 4.79 Å². The number of rotatable bonds is 4. The number of halogens is 2. The predicted octanol–water partition coefficient (Wildman–Crippen LogP) is 3.88. The van der Waals surface area contributed by atoms with Crippen molar-refractivity contribution in [1.82, 2.24) is 15.5 Å².